The molecule has 0 heterocycles. The van der Waals surface area contributed by atoms with Crippen molar-refractivity contribution in [1.82, 2.24) is 5.32 Å². The maximum absolute atomic E-state index is 11.9. The number of nitrogens with one attached hydrogen (secondary N) is 1. The van der Waals surface area contributed by atoms with Crippen molar-refractivity contribution < 1.29 is 18.0 Å². The van der Waals surface area contributed by atoms with E-state index in [1.165, 1.54) is 0 Å². The van der Waals surface area contributed by atoms with Crippen molar-refractivity contribution in [2.24, 2.45) is 0 Å². The number of benzene rings is 1. The van der Waals surface area contributed by atoms with Crippen molar-refractivity contribution in [3.63, 3.8) is 0 Å². The molecule has 0 saturated heterocycles. The van der Waals surface area contributed by atoms with E-state index >= 15 is 0 Å². The van der Waals surface area contributed by atoms with Crippen LogP contribution < -0.4 is 5.32 Å². The van der Waals surface area contributed by atoms with Crippen molar-refractivity contribution in [1.29, 1.82) is 0 Å². The van der Waals surface area contributed by atoms with E-state index in [-0.39, 0.29) is 30.0 Å². The van der Waals surface area contributed by atoms with Gasteiger partial charge in [-0.25, -0.2) is 0 Å². The Bertz CT molecular complexity index is 437. The number of halogens is 4. The zero-order valence-electron chi connectivity index (χ0n) is 9.47. The van der Waals surface area contributed by atoms with Crippen LogP contribution in [-0.4, -0.2) is 23.7 Å². The van der Waals surface area contributed by atoms with Gasteiger partial charge in [0.1, 0.15) is 0 Å². The van der Waals surface area contributed by atoms with Crippen LogP contribution in [0.3, 0.4) is 0 Å². The standard InChI is InChI=1S/C11H11F3INOS/c1-7-3-2-4-8(9(7)15)10(17)16-5-6-18-11(12,13)14/h2-4H,5-6H2,1H3,(H,16,17). The Kier molecular flexibility index (Phi) is 5.77. The van der Waals surface area contributed by atoms with Crippen molar-refractivity contribution >= 4 is 40.3 Å². The van der Waals surface area contributed by atoms with Gasteiger partial charge in [0.05, 0.1) is 5.56 Å². The van der Waals surface area contributed by atoms with E-state index in [1.807, 2.05) is 35.6 Å². The quantitative estimate of drug-likeness (QED) is 0.630. The zero-order chi connectivity index (χ0) is 13.8. The van der Waals surface area contributed by atoms with E-state index in [9.17, 15) is 18.0 Å². The van der Waals surface area contributed by atoms with Crippen molar-refractivity contribution in [2.75, 3.05) is 12.3 Å². The minimum atomic E-state index is -4.25. The lowest BCUT2D eigenvalue weighted by Crippen LogP contribution is -2.27. The molecule has 2 nitrogen and oxygen atoms in total. The van der Waals surface area contributed by atoms with Crippen LogP contribution in [0.2, 0.25) is 0 Å². The zero-order valence-corrected chi connectivity index (χ0v) is 12.4. The molecule has 0 spiro atoms. The van der Waals surface area contributed by atoms with E-state index in [2.05, 4.69) is 5.32 Å². The fourth-order valence-electron chi connectivity index (χ4n) is 1.25. The van der Waals surface area contributed by atoms with Gasteiger partial charge < -0.3 is 5.32 Å². The predicted octanol–water partition coefficient (Wildman–Crippen LogP) is 3.58. The maximum atomic E-state index is 11.9. The molecule has 1 rings (SSSR count). The van der Waals surface area contributed by atoms with Gasteiger partial charge in [-0.2, -0.15) is 13.2 Å². The molecule has 1 aromatic rings. The van der Waals surface area contributed by atoms with Crippen LogP contribution in [0.4, 0.5) is 13.2 Å². The van der Waals surface area contributed by atoms with Crippen LogP contribution in [-0.2, 0) is 0 Å². The summed E-state index contributed by atoms with van der Waals surface area (Å²) in [6.07, 6.45) is 0. The first-order chi connectivity index (χ1) is 8.31. The molecule has 0 aromatic heterocycles. The number of alkyl halides is 3. The first-order valence-electron chi connectivity index (χ1n) is 5.05. The number of aryl methyl sites for hydroxylation is 1. The van der Waals surface area contributed by atoms with Gasteiger partial charge in [0.2, 0.25) is 0 Å². The molecule has 0 unspecified atom stereocenters. The SMILES string of the molecule is Cc1cccc(C(=O)NCCSC(F)(F)F)c1I. The number of hydrogen-bond acceptors (Lipinski definition) is 2. The summed E-state index contributed by atoms with van der Waals surface area (Å²) in [6.45, 7) is 1.87. The number of amides is 1. The highest BCUT2D eigenvalue weighted by atomic mass is 127. The summed E-state index contributed by atoms with van der Waals surface area (Å²) >= 11 is 1.91. The molecule has 0 aliphatic carbocycles. The molecule has 100 valence electrons. The number of hydrogen-bond donors (Lipinski definition) is 1. The predicted molar refractivity (Wildman–Crippen MR) is 74.7 cm³/mol. The Hall–Kier alpha value is -0.440. The molecule has 0 fully saturated rings. The van der Waals surface area contributed by atoms with Crippen molar-refractivity contribution in [2.45, 2.75) is 12.4 Å². The first-order valence-corrected chi connectivity index (χ1v) is 7.11. The second-order valence-electron chi connectivity index (χ2n) is 3.49. The van der Waals surface area contributed by atoms with Gasteiger partial charge in [-0.05, 0) is 52.9 Å². The molecule has 1 aromatic carbocycles. The normalized spacial score (nSPS) is 11.4. The summed E-state index contributed by atoms with van der Waals surface area (Å²) in [7, 11) is 0. The Morgan fingerprint density at radius 1 is 1.44 bits per heavy atom. The Morgan fingerprint density at radius 2 is 2.11 bits per heavy atom. The highest BCUT2D eigenvalue weighted by Crippen LogP contribution is 2.29. The van der Waals surface area contributed by atoms with E-state index in [0.717, 1.165) is 9.13 Å². The van der Waals surface area contributed by atoms with E-state index < -0.39 is 5.51 Å². The highest BCUT2D eigenvalue weighted by molar-refractivity contribution is 14.1. The summed E-state index contributed by atoms with van der Waals surface area (Å²) in [5.41, 5.74) is -2.79. The summed E-state index contributed by atoms with van der Waals surface area (Å²) in [4.78, 5) is 11.7. The van der Waals surface area contributed by atoms with Crippen LogP contribution >= 0.6 is 34.4 Å². The molecular formula is C11H11F3INOS. The van der Waals surface area contributed by atoms with E-state index in [4.69, 9.17) is 0 Å². The Morgan fingerprint density at radius 3 is 2.72 bits per heavy atom. The fraction of sp³-hybridized carbons (Fsp3) is 0.364. The van der Waals surface area contributed by atoms with Gasteiger partial charge in [0.15, 0.2) is 0 Å². The third-order valence-corrected chi connectivity index (χ3v) is 4.26. The van der Waals surface area contributed by atoms with Crippen LogP contribution in [0.5, 0.6) is 0 Å². The number of thioether (sulfide) groups is 1. The molecule has 1 N–H and O–H groups in total. The Balaban J connectivity index is 2.49. The topological polar surface area (TPSA) is 29.1 Å². The number of carbonyl (C=O) groups excluding carboxylic acids is 1. The molecule has 0 radical (unpaired) electrons. The molecule has 0 bridgehead atoms. The van der Waals surface area contributed by atoms with Gasteiger partial charge in [0.25, 0.3) is 5.91 Å². The van der Waals surface area contributed by atoms with Crippen LogP contribution in [0.15, 0.2) is 18.2 Å². The van der Waals surface area contributed by atoms with Crippen molar-refractivity contribution in [3.05, 3.63) is 32.9 Å². The van der Waals surface area contributed by atoms with Gasteiger partial charge in [-0.15, -0.1) is 0 Å². The van der Waals surface area contributed by atoms with Gasteiger partial charge in [-0.1, -0.05) is 12.1 Å². The minimum absolute atomic E-state index is 0.00691. The summed E-state index contributed by atoms with van der Waals surface area (Å²) in [5.74, 6) is -0.525. The first kappa shape index (κ1) is 15.6. The average Bonchev–Trinajstić information content (AvgIpc) is 2.26. The van der Waals surface area contributed by atoms with Gasteiger partial charge >= 0.3 is 5.51 Å². The summed E-state index contributed by atoms with van der Waals surface area (Å²) < 4.78 is 36.4. The molecular weight excluding hydrogens is 378 g/mol. The maximum Gasteiger partial charge on any atom is 0.441 e. The van der Waals surface area contributed by atoms with E-state index in [1.54, 1.807) is 12.1 Å². The Labute approximate surface area is 121 Å². The molecule has 0 aliphatic rings. The molecule has 0 aliphatic heterocycles. The highest BCUT2D eigenvalue weighted by Gasteiger charge is 2.27. The average molecular weight is 389 g/mol. The lowest BCUT2D eigenvalue weighted by molar-refractivity contribution is -0.0327. The van der Waals surface area contributed by atoms with Crippen LogP contribution in [0.25, 0.3) is 0 Å². The van der Waals surface area contributed by atoms with Crippen LogP contribution in [0.1, 0.15) is 15.9 Å². The monoisotopic (exact) mass is 389 g/mol. The summed E-state index contributed by atoms with van der Waals surface area (Å²) in [5, 5.41) is 2.48. The third kappa shape index (κ3) is 5.05. The molecule has 18 heavy (non-hydrogen) atoms. The molecule has 0 saturated carbocycles. The lowest BCUT2D eigenvalue weighted by atomic mass is 10.1. The molecule has 0 atom stereocenters. The van der Waals surface area contributed by atoms with Crippen LogP contribution in [0, 0.1) is 10.5 Å². The molecule has 1 amide bonds. The number of rotatable bonds is 4. The largest absolute Gasteiger partial charge is 0.441 e. The minimum Gasteiger partial charge on any atom is -0.351 e. The smallest absolute Gasteiger partial charge is 0.351 e. The van der Waals surface area contributed by atoms with Gasteiger partial charge in [-0.3, -0.25) is 4.79 Å². The fourth-order valence-corrected chi connectivity index (χ4v) is 2.29. The van der Waals surface area contributed by atoms with Gasteiger partial charge in [0, 0.05) is 15.9 Å². The third-order valence-electron chi connectivity index (χ3n) is 2.09. The second kappa shape index (κ2) is 6.65. The van der Waals surface area contributed by atoms with E-state index in [0.29, 0.717) is 5.56 Å². The second-order valence-corrected chi connectivity index (χ2v) is 5.73. The lowest BCUT2D eigenvalue weighted by Gasteiger charge is -2.09. The molecule has 7 heteroatoms. The number of carbonyl (C=O) groups is 1. The summed E-state index contributed by atoms with van der Waals surface area (Å²) in [6, 6.07) is 5.27. The van der Waals surface area contributed by atoms with Crippen molar-refractivity contribution in [3.8, 4) is 0 Å².